The van der Waals surface area contributed by atoms with Crippen molar-refractivity contribution >= 4 is 29.5 Å². The first-order chi connectivity index (χ1) is 29.2. The highest BCUT2D eigenvalue weighted by molar-refractivity contribution is 7.91. The van der Waals surface area contributed by atoms with Crippen LogP contribution in [0, 0.1) is 0 Å². The highest BCUT2D eigenvalue weighted by Crippen LogP contribution is 2.58. The van der Waals surface area contributed by atoms with Crippen LogP contribution >= 0.6 is 8.53 Å². The predicted molar refractivity (Wildman–Crippen MR) is 223 cm³/mol. The summed E-state index contributed by atoms with van der Waals surface area (Å²) in [4.78, 5) is 35.9. The number of rotatable bonds is 14. The molecule has 2 N–H and O–H groups in total. The molecule has 6 aromatic rings. The molecule has 3 saturated heterocycles. The zero-order chi connectivity index (χ0) is 41.4. The number of hydrogen-bond donors (Lipinski definition) is 2. The highest BCUT2D eigenvalue weighted by Gasteiger charge is 2.51. The van der Waals surface area contributed by atoms with Crippen LogP contribution in [0.4, 0.5) is 0 Å². The van der Waals surface area contributed by atoms with Crippen LogP contribution in [-0.4, -0.2) is 90.1 Å². The first kappa shape index (κ1) is 40.2. The van der Waals surface area contributed by atoms with Crippen LogP contribution in [0.2, 0.25) is 0 Å². The average Bonchev–Trinajstić information content (AvgIpc) is 4.07. The van der Waals surface area contributed by atoms with E-state index in [1.54, 1.807) is 44.6 Å². The average molecular weight is 854 g/mol. The van der Waals surface area contributed by atoms with Crippen LogP contribution in [0.25, 0.3) is 11.2 Å². The van der Waals surface area contributed by atoms with Crippen molar-refractivity contribution in [2.45, 2.75) is 60.3 Å². The molecule has 3 fully saturated rings. The molecule has 4 aromatic carbocycles. The van der Waals surface area contributed by atoms with Crippen LogP contribution in [-0.2, 0) is 34.0 Å². The second kappa shape index (κ2) is 16.7. The second-order valence-corrected chi connectivity index (χ2v) is 18.3. The van der Waals surface area contributed by atoms with Crippen LogP contribution in [0.15, 0.2) is 130 Å². The molecule has 0 amide bonds. The maximum Gasteiger partial charge on any atom is 0.329 e. The predicted octanol–water partition coefficient (Wildman–Crippen LogP) is 5.68. The molecule has 0 aliphatic carbocycles. The third-order valence-electron chi connectivity index (χ3n) is 11.5. The van der Waals surface area contributed by atoms with E-state index in [4.69, 9.17) is 28.0 Å². The normalized spacial score (nSPS) is 23.2. The molecule has 17 heteroatoms. The van der Waals surface area contributed by atoms with Gasteiger partial charge in [0, 0.05) is 19.0 Å². The van der Waals surface area contributed by atoms with Crippen molar-refractivity contribution in [3.63, 3.8) is 0 Å². The number of benzene rings is 4. The number of nitrogens with one attached hydrogen (secondary N) is 2. The minimum atomic E-state index is -3.66. The molecular formula is C43H44N5O10PS. The fraction of sp³-hybridized carbons (Fsp3) is 0.326. The molecule has 312 valence electrons. The first-order valence-electron chi connectivity index (χ1n) is 19.7. The summed E-state index contributed by atoms with van der Waals surface area (Å²) in [7, 11) is -2.18. The molecule has 2 aromatic heterocycles. The Morgan fingerprint density at radius 3 is 2.13 bits per heavy atom. The molecular weight excluding hydrogens is 810 g/mol. The summed E-state index contributed by atoms with van der Waals surface area (Å²) in [5.41, 5.74) is 0.381. The molecule has 15 nitrogen and oxygen atoms in total. The van der Waals surface area contributed by atoms with Gasteiger partial charge in [0.05, 0.1) is 50.0 Å². The van der Waals surface area contributed by atoms with Crippen molar-refractivity contribution in [1.29, 1.82) is 0 Å². The lowest BCUT2D eigenvalue weighted by atomic mass is 9.80. The van der Waals surface area contributed by atoms with E-state index in [0.717, 1.165) is 29.5 Å². The standard InChI is InChI=1S/C43H44N5O10PS/c1-53-31-19-15-29(16-20-31)43(28-10-5-3-6-11-28,30-17-21-32(54-2)22-18-30)55-25-36-35(24-38(56-36)48-40-39(46-42(48)50)41(49)45-27-44-40)57-59-47-23-9-14-34(47)37(58-59)26-60(51,52)33-12-7-4-8-13-33/h3-8,10-13,15-22,27,34-38H,9,14,23-26H2,1-2H3,(H,46,50)(H,44,45,49)/t34-,35-,36+,37+,38+,59-/m0/s1. The number of aromatic nitrogens is 4. The van der Waals surface area contributed by atoms with Gasteiger partial charge in [-0.25, -0.2) is 27.4 Å². The van der Waals surface area contributed by atoms with Gasteiger partial charge in [-0.1, -0.05) is 72.8 Å². The Bertz CT molecular complexity index is 2610. The molecule has 6 atom stereocenters. The molecule has 0 bridgehead atoms. The Morgan fingerprint density at radius 1 is 0.850 bits per heavy atom. The molecule has 9 rings (SSSR count). The number of sulfone groups is 1. The van der Waals surface area contributed by atoms with Crippen LogP contribution in [0.3, 0.4) is 0 Å². The second-order valence-electron chi connectivity index (χ2n) is 14.9. The quantitative estimate of drug-likeness (QED) is 0.102. The Hall–Kier alpha value is -5.19. The number of aromatic amines is 2. The SMILES string of the molecule is COc1ccc(C(OC[C@H]2O[C@@H](n3c(=O)[nH]c4c(=O)[nH]cnc43)C[C@@H]2O[P@@]2O[C@H](CS(=O)(=O)c3ccccc3)[C@@H]3CCCN32)(c2ccccc2)c2ccc(OC)cc2)cc1. The van der Waals surface area contributed by atoms with E-state index in [0.29, 0.717) is 18.0 Å². The summed E-state index contributed by atoms with van der Waals surface area (Å²) < 4.78 is 69.1. The lowest BCUT2D eigenvalue weighted by Gasteiger charge is -2.37. The van der Waals surface area contributed by atoms with Gasteiger partial charge < -0.3 is 33.0 Å². The summed E-state index contributed by atoms with van der Waals surface area (Å²) in [6.07, 6.45) is 0.0336. The van der Waals surface area contributed by atoms with Crippen LogP contribution in [0.5, 0.6) is 11.5 Å². The van der Waals surface area contributed by atoms with Crippen molar-refractivity contribution in [3.05, 3.63) is 153 Å². The summed E-state index contributed by atoms with van der Waals surface area (Å²) in [5.74, 6) is 1.17. The van der Waals surface area contributed by atoms with Gasteiger partial charge >= 0.3 is 5.69 Å². The smallest absolute Gasteiger partial charge is 0.329 e. The maximum atomic E-state index is 13.6. The Kier molecular flexibility index (Phi) is 11.2. The van der Waals surface area contributed by atoms with Gasteiger partial charge in [-0.05, 0) is 65.9 Å². The van der Waals surface area contributed by atoms with E-state index in [1.165, 1.54) is 10.9 Å². The third-order valence-corrected chi connectivity index (χ3v) is 15.0. The van der Waals surface area contributed by atoms with Gasteiger partial charge in [-0.15, -0.1) is 0 Å². The monoisotopic (exact) mass is 853 g/mol. The van der Waals surface area contributed by atoms with Gasteiger partial charge in [-0.3, -0.25) is 9.78 Å². The number of ether oxygens (including phenoxy) is 4. The minimum absolute atomic E-state index is 0.0243. The van der Waals surface area contributed by atoms with Gasteiger partial charge in [-0.2, -0.15) is 0 Å². The zero-order valence-corrected chi connectivity index (χ0v) is 34.6. The van der Waals surface area contributed by atoms with Gasteiger partial charge in [0.15, 0.2) is 21.0 Å². The Balaban J connectivity index is 1.08. The number of fused-ring (bicyclic) bond motifs is 2. The number of H-pyrrole nitrogens is 2. The minimum Gasteiger partial charge on any atom is -0.497 e. The summed E-state index contributed by atoms with van der Waals surface area (Å²) in [6.45, 7) is 0.648. The molecule has 60 heavy (non-hydrogen) atoms. The fourth-order valence-electron chi connectivity index (χ4n) is 8.50. The van der Waals surface area contributed by atoms with E-state index in [2.05, 4.69) is 19.6 Å². The third kappa shape index (κ3) is 7.46. The molecule has 0 radical (unpaired) electrons. The van der Waals surface area contributed by atoms with E-state index in [-0.39, 0.29) is 40.9 Å². The van der Waals surface area contributed by atoms with Crippen LogP contribution in [0.1, 0.15) is 42.2 Å². The van der Waals surface area contributed by atoms with E-state index in [9.17, 15) is 18.0 Å². The number of methoxy groups -OCH3 is 2. The van der Waals surface area contributed by atoms with Crippen molar-refractivity contribution < 1.29 is 36.4 Å². The van der Waals surface area contributed by atoms with E-state index >= 15 is 0 Å². The van der Waals surface area contributed by atoms with Crippen molar-refractivity contribution in [2.75, 3.05) is 33.1 Å². The highest BCUT2D eigenvalue weighted by atomic mass is 32.2. The summed E-state index contributed by atoms with van der Waals surface area (Å²) >= 11 is 0. The molecule has 5 heterocycles. The lowest BCUT2D eigenvalue weighted by molar-refractivity contribution is -0.0911. The van der Waals surface area contributed by atoms with E-state index < -0.39 is 59.8 Å². The molecule has 0 spiro atoms. The number of nitrogens with zero attached hydrogens (tertiary/aromatic N) is 3. The molecule has 0 unspecified atom stereocenters. The lowest BCUT2D eigenvalue weighted by Crippen LogP contribution is -2.38. The van der Waals surface area contributed by atoms with Crippen molar-refractivity contribution in [3.8, 4) is 11.5 Å². The van der Waals surface area contributed by atoms with Crippen molar-refractivity contribution in [1.82, 2.24) is 24.2 Å². The largest absolute Gasteiger partial charge is 0.497 e. The Labute approximate surface area is 347 Å². The van der Waals surface area contributed by atoms with Gasteiger partial charge in [0.1, 0.15) is 29.4 Å². The zero-order valence-electron chi connectivity index (χ0n) is 32.9. The number of hydrogen-bond acceptors (Lipinski definition) is 12. The molecule has 3 aliphatic rings. The van der Waals surface area contributed by atoms with Gasteiger partial charge in [0.2, 0.25) is 0 Å². The number of imidazole rings is 1. The topological polar surface area (TPSA) is 176 Å². The molecule has 3 aliphatic heterocycles. The fourth-order valence-corrected chi connectivity index (χ4v) is 12.1. The summed E-state index contributed by atoms with van der Waals surface area (Å²) in [6, 6.07) is 33.5. The van der Waals surface area contributed by atoms with Gasteiger partial charge in [0.25, 0.3) is 14.1 Å². The Morgan fingerprint density at radius 2 is 1.48 bits per heavy atom. The van der Waals surface area contributed by atoms with Crippen LogP contribution < -0.4 is 20.7 Å². The first-order valence-corrected chi connectivity index (χ1v) is 22.5. The van der Waals surface area contributed by atoms with Crippen molar-refractivity contribution in [2.24, 2.45) is 0 Å². The van der Waals surface area contributed by atoms with E-state index in [1.807, 2.05) is 78.9 Å². The molecule has 0 saturated carbocycles. The summed E-state index contributed by atoms with van der Waals surface area (Å²) in [5, 5.41) is 0. The maximum absolute atomic E-state index is 13.6.